The first-order valence-corrected chi connectivity index (χ1v) is 8.50. The Balaban J connectivity index is 0.00000208. The van der Waals surface area contributed by atoms with E-state index in [1.54, 1.807) is 13.2 Å². The highest BCUT2D eigenvalue weighted by Gasteiger charge is 2.24. The van der Waals surface area contributed by atoms with Gasteiger partial charge in [-0.05, 0) is 40.5 Å². The van der Waals surface area contributed by atoms with E-state index in [1.807, 2.05) is 12.1 Å². The standard InChI is InChI=1S/C16H21BrN6.HI/c1-18-16(19-10-12-6-8-20-22-12)21-13-7-9-23(11-13)15-5-3-2-4-14(15)17;/h2-6,8,13H,7,9-11H2,1H3,(H,20,22)(H2,18,19,21);1H. The zero-order valence-electron chi connectivity index (χ0n) is 13.5. The molecule has 0 amide bonds. The van der Waals surface area contributed by atoms with Gasteiger partial charge in [0.1, 0.15) is 0 Å². The van der Waals surface area contributed by atoms with E-state index in [0.29, 0.717) is 12.6 Å². The van der Waals surface area contributed by atoms with Gasteiger partial charge in [-0.15, -0.1) is 24.0 Å². The minimum absolute atomic E-state index is 0. The predicted octanol–water partition coefficient (Wildman–Crippen LogP) is 2.73. The summed E-state index contributed by atoms with van der Waals surface area (Å²) in [6, 6.07) is 10.7. The number of rotatable bonds is 4. The Labute approximate surface area is 167 Å². The van der Waals surface area contributed by atoms with Crippen LogP contribution in [-0.4, -0.2) is 42.3 Å². The van der Waals surface area contributed by atoms with Crippen LogP contribution in [0.4, 0.5) is 5.69 Å². The van der Waals surface area contributed by atoms with Gasteiger partial charge >= 0.3 is 0 Å². The van der Waals surface area contributed by atoms with Crippen molar-refractivity contribution in [1.82, 2.24) is 20.8 Å². The average molecular weight is 505 g/mol. The minimum atomic E-state index is 0. The molecule has 2 heterocycles. The fourth-order valence-corrected chi connectivity index (χ4v) is 3.29. The summed E-state index contributed by atoms with van der Waals surface area (Å²) in [6.07, 6.45) is 2.84. The number of H-pyrrole nitrogens is 1. The predicted molar refractivity (Wildman–Crippen MR) is 112 cm³/mol. The molecule has 130 valence electrons. The highest BCUT2D eigenvalue weighted by Crippen LogP contribution is 2.28. The van der Waals surface area contributed by atoms with Crippen LogP contribution in [0.2, 0.25) is 0 Å². The van der Waals surface area contributed by atoms with Crippen LogP contribution in [0.25, 0.3) is 0 Å². The lowest BCUT2D eigenvalue weighted by Crippen LogP contribution is -2.44. The fraction of sp³-hybridized carbons (Fsp3) is 0.375. The van der Waals surface area contributed by atoms with Gasteiger partial charge < -0.3 is 15.5 Å². The lowest BCUT2D eigenvalue weighted by atomic mass is 10.2. The Morgan fingerprint density at radius 1 is 1.42 bits per heavy atom. The lowest BCUT2D eigenvalue weighted by molar-refractivity contribution is 0.647. The topological polar surface area (TPSA) is 68.3 Å². The molecule has 1 aliphatic heterocycles. The summed E-state index contributed by atoms with van der Waals surface area (Å²) < 4.78 is 1.14. The molecule has 0 bridgehead atoms. The molecular weight excluding hydrogens is 483 g/mol. The number of halogens is 2. The zero-order chi connectivity index (χ0) is 16.1. The Kier molecular flexibility index (Phi) is 7.35. The average Bonchev–Trinajstić information content (AvgIpc) is 3.23. The van der Waals surface area contributed by atoms with Crippen molar-refractivity contribution in [2.24, 2.45) is 4.99 Å². The highest BCUT2D eigenvalue weighted by atomic mass is 127. The molecule has 1 fully saturated rings. The fourth-order valence-electron chi connectivity index (χ4n) is 2.76. The van der Waals surface area contributed by atoms with Crippen molar-refractivity contribution >= 4 is 51.6 Å². The molecule has 1 unspecified atom stereocenters. The third-order valence-corrected chi connectivity index (χ3v) is 4.62. The molecule has 3 N–H and O–H groups in total. The number of nitrogens with one attached hydrogen (secondary N) is 3. The Bertz CT molecular complexity index is 660. The molecule has 0 aliphatic carbocycles. The van der Waals surface area contributed by atoms with Gasteiger partial charge in [0.15, 0.2) is 5.96 Å². The number of aromatic nitrogens is 2. The van der Waals surface area contributed by atoms with Crippen LogP contribution in [0.1, 0.15) is 12.1 Å². The maximum atomic E-state index is 4.30. The summed E-state index contributed by atoms with van der Waals surface area (Å²) in [7, 11) is 1.79. The number of para-hydroxylation sites is 1. The molecular formula is C16H22BrIN6. The molecule has 2 aromatic rings. The second-order valence-corrected chi connectivity index (χ2v) is 6.39. The van der Waals surface area contributed by atoms with Crippen molar-refractivity contribution in [1.29, 1.82) is 0 Å². The largest absolute Gasteiger partial charge is 0.368 e. The van der Waals surface area contributed by atoms with E-state index in [2.05, 4.69) is 64.9 Å². The molecule has 8 heteroatoms. The highest BCUT2D eigenvalue weighted by molar-refractivity contribution is 14.0. The monoisotopic (exact) mass is 504 g/mol. The number of nitrogens with zero attached hydrogens (tertiary/aromatic N) is 3. The van der Waals surface area contributed by atoms with Gasteiger partial charge in [0.05, 0.1) is 17.9 Å². The first-order chi connectivity index (χ1) is 11.3. The first kappa shape index (κ1) is 19.0. The van der Waals surface area contributed by atoms with Crippen molar-refractivity contribution in [2.45, 2.75) is 19.0 Å². The second kappa shape index (κ2) is 9.26. The number of aliphatic imine (C=N–C) groups is 1. The maximum absolute atomic E-state index is 4.30. The summed E-state index contributed by atoms with van der Waals surface area (Å²) in [6.45, 7) is 2.69. The van der Waals surface area contributed by atoms with Crippen LogP contribution in [-0.2, 0) is 6.54 Å². The minimum Gasteiger partial charge on any atom is -0.368 e. The van der Waals surface area contributed by atoms with E-state index in [4.69, 9.17) is 0 Å². The molecule has 0 radical (unpaired) electrons. The van der Waals surface area contributed by atoms with E-state index in [1.165, 1.54) is 5.69 Å². The molecule has 6 nitrogen and oxygen atoms in total. The summed E-state index contributed by atoms with van der Waals surface area (Å²) in [5.74, 6) is 0.818. The van der Waals surface area contributed by atoms with E-state index in [0.717, 1.165) is 35.6 Å². The quantitative estimate of drug-likeness (QED) is 0.340. The zero-order valence-corrected chi connectivity index (χ0v) is 17.4. The number of anilines is 1. The van der Waals surface area contributed by atoms with Crippen LogP contribution in [0.3, 0.4) is 0 Å². The van der Waals surface area contributed by atoms with Gasteiger partial charge in [-0.1, -0.05) is 12.1 Å². The summed E-state index contributed by atoms with van der Waals surface area (Å²) in [4.78, 5) is 6.69. The molecule has 1 aromatic heterocycles. The van der Waals surface area contributed by atoms with Crippen LogP contribution >= 0.6 is 39.9 Å². The van der Waals surface area contributed by atoms with E-state index >= 15 is 0 Å². The van der Waals surface area contributed by atoms with Gasteiger partial charge in [0.2, 0.25) is 0 Å². The van der Waals surface area contributed by atoms with Gasteiger partial charge in [-0.3, -0.25) is 10.1 Å². The molecule has 0 spiro atoms. The van der Waals surface area contributed by atoms with Crippen LogP contribution in [0.5, 0.6) is 0 Å². The Morgan fingerprint density at radius 3 is 2.96 bits per heavy atom. The van der Waals surface area contributed by atoms with Crippen molar-refractivity contribution in [3.05, 3.63) is 46.7 Å². The van der Waals surface area contributed by atoms with Crippen molar-refractivity contribution in [3.63, 3.8) is 0 Å². The third-order valence-electron chi connectivity index (χ3n) is 3.95. The summed E-state index contributed by atoms with van der Waals surface area (Å²) in [5, 5.41) is 13.7. The SMILES string of the molecule is CN=C(NCc1ccn[nH]1)NC1CCN(c2ccccc2Br)C1.I. The number of aromatic amines is 1. The number of benzene rings is 1. The number of guanidine groups is 1. The van der Waals surface area contributed by atoms with E-state index in [9.17, 15) is 0 Å². The normalized spacial score (nSPS) is 17.5. The summed E-state index contributed by atoms with van der Waals surface area (Å²) in [5.41, 5.74) is 2.28. The van der Waals surface area contributed by atoms with E-state index in [-0.39, 0.29) is 24.0 Å². The summed E-state index contributed by atoms with van der Waals surface area (Å²) >= 11 is 3.63. The first-order valence-electron chi connectivity index (χ1n) is 7.71. The molecule has 24 heavy (non-hydrogen) atoms. The van der Waals surface area contributed by atoms with Gasteiger partial charge in [-0.25, -0.2) is 0 Å². The molecule has 0 saturated carbocycles. The molecule has 1 saturated heterocycles. The Morgan fingerprint density at radius 2 is 2.25 bits per heavy atom. The molecule has 1 aromatic carbocycles. The van der Waals surface area contributed by atoms with Crippen LogP contribution < -0.4 is 15.5 Å². The smallest absolute Gasteiger partial charge is 0.191 e. The Hall–Kier alpha value is -1.29. The van der Waals surface area contributed by atoms with Crippen molar-refractivity contribution < 1.29 is 0 Å². The maximum Gasteiger partial charge on any atom is 0.191 e. The van der Waals surface area contributed by atoms with Gasteiger partial charge in [-0.2, -0.15) is 5.10 Å². The molecule has 1 aliphatic rings. The number of hydrogen-bond donors (Lipinski definition) is 3. The molecule has 3 rings (SSSR count). The van der Waals surface area contributed by atoms with Crippen molar-refractivity contribution in [2.75, 3.05) is 25.0 Å². The van der Waals surface area contributed by atoms with E-state index < -0.39 is 0 Å². The van der Waals surface area contributed by atoms with Crippen molar-refractivity contribution in [3.8, 4) is 0 Å². The lowest BCUT2D eigenvalue weighted by Gasteiger charge is -2.21. The van der Waals surface area contributed by atoms with Crippen LogP contribution in [0, 0.1) is 0 Å². The van der Waals surface area contributed by atoms with Crippen LogP contribution in [0.15, 0.2) is 46.0 Å². The van der Waals surface area contributed by atoms with Gasteiger partial charge in [0.25, 0.3) is 0 Å². The third kappa shape index (κ3) is 4.85. The molecule has 1 atom stereocenters. The number of hydrogen-bond acceptors (Lipinski definition) is 3. The van der Waals surface area contributed by atoms with Gasteiger partial charge in [0, 0.05) is 36.8 Å². The second-order valence-electron chi connectivity index (χ2n) is 5.54.